The maximum atomic E-state index is 12.4. The predicted molar refractivity (Wildman–Crippen MR) is 283 cm³/mol. The molecule has 0 aromatic carbocycles. The zero-order valence-corrected chi connectivity index (χ0v) is 43.5. The molecule has 0 saturated carbocycles. The van der Waals surface area contributed by atoms with Crippen LogP contribution in [0.25, 0.3) is 0 Å². The summed E-state index contributed by atoms with van der Waals surface area (Å²) in [7, 11) is 0. The van der Waals surface area contributed by atoms with Crippen LogP contribution in [0, 0.1) is 0 Å². The molecule has 0 radical (unpaired) electrons. The van der Waals surface area contributed by atoms with Crippen molar-refractivity contribution < 1.29 is 24.5 Å². The molecule has 0 rings (SSSR count). The van der Waals surface area contributed by atoms with E-state index in [1.165, 1.54) is 225 Å². The lowest BCUT2D eigenvalue weighted by molar-refractivity contribution is -0.143. The molecule has 0 saturated heterocycles. The van der Waals surface area contributed by atoms with Crippen molar-refractivity contribution in [1.29, 1.82) is 0 Å². The highest BCUT2D eigenvalue weighted by Gasteiger charge is 2.18. The summed E-state index contributed by atoms with van der Waals surface area (Å²) in [4.78, 5) is 24.5. The monoisotopic (exact) mass is 914 g/mol. The summed E-state index contributed by atoms with van der Waals surface area (Å²) >= 11 is 0. The van der Waals surface area contributed by atoms with Gasteiger partial charge in [0.25, 0.3) is 0 Å². The zero-order chi connectivity index (χ0) is 47.2. The van der Waals surface area contributed by atoms with Crippen molar-refractivity contribution in [1.82, 2.24) is 5.32 Å². The molecule has 0 bridgehead atoms. The predicted octanol–water partition coefficient (Wildman–Crippen LogP) is 17.6. The highest BCUT2D eigenvalue weighted by Crippen LogP contribution is 2.17. The van der Waals surface area contributed by atoms with Crippen LogP contribution in [-0.4, -0.2) is 47.4 Å². The molecule has 1 amide bonds. The molecule has 0 aliphatic heterocycles. The van der Waals surface area contributed by atoms with Crippen molar-refractivity contribution in [3.8, 4) is 0 Å². The quantitative estimate of drug-likeness (QED) is 0.0321. The molecule has 0 spiro atoms. The molecular weight excluding hydrogens is 803 g/mol. The van der Waals surface area contributed by atoms with Crippen LogP contribution in [0.1, 0.15) is 303 Å². The van der Waals surface area contributed by atoms with Crippen LogP contribution in [-0.2, 0) is 14.3 Å². The summed E-state index contributed by atoms with van der Waals surface area (Å²) in [5.41, 5.74) is 0. The first-order valence-electron chi connectivity index (χ1n) is 28.8. The summed E-state index contributed by atoms with van der Waals surface area (Å²) in [6.07, 6.45) is 67.4. The third-order valence-corrected chi connectivity index (χ3v) is 13.2. The summed E-state index contributed by atoms with van der Waals surface area (Å²) in [5, 5.41) is 23.0. The fraction of sp³-hybridized carbons (Fsp3) is 0.864. The second-order valence-corrected chi connectivity index (χ2v) is 19.6. The number of ether oxygens (including phenoxy) is 1. The minimum absolute atomic E-state index is 0.00237. The average molecular weight is 915 g/mol. The number of allylic oxidation sites excluding steroid dienone is 5. The fourth-order valence-corrected chi connectivity index (χ4v) is 8.72. The second-order valence-electron chi connectivity index (χ2n) is 19.6. The maximum absolute atomic E-state index is 12.4. The molecule has 0 aliphatic rings. The third kappa shape index (κ3) is 51.3. The molecule has 0 aromatic heterocycles. The number of aliphatic hydroxyl groups is 2. The van der Waals surface area contributed by atoms with Crippen LogP contribution < -0.4 is 5.32 Å². The number of hydrogen-bond donors (Lipinski definition) is 3. The van der Waals surface area contributed by atoms with Crippen molar-refractivity contribution in [3.05, 3.63) is 36.5 Å². The van der Waals surface area contributed by atoms with E-state index in [-0.39, 0.29) is 18.5 Å². The van der Waals surface area contributed by atoms with Crippen molar-refractivity contribution in [2.45, 2.75) is 315 Å². The van der Waals surface area contributed by atoms with Crippen molar-refractivity contribution in [2.24, 2.45) is 0 Å². The van der Waals surface area contributed by atoms with E-state index in [0.717, 1.165) is 51.4 Å². The van der Waals surface area contributed by atoms with Gasteiger partial charge in [-0.15, -0.1) is 0 Å². The van der Waals surface area contributed by atoms with Gasteiger partial charge in [0.2, 0.25) is 5.91 Å². The molecule has 3 N–H and O–H groups in total. The van der Waals surface area contributed by atoms with Gasteiger partial charge in [0.15, 0.2) is 0 Å². The summed E-state index contributed by atoms with van der Waals surface area (Å²) in [6.45, 7) is 4.86. The Hall–Kier alpha value is -1.92. The van der Waals surface area contributed by atoms with E-state index in [1.54, 1.807) is 6.08 Å². The van der Waals surface area contributed by atoms with Gasteiger partial charge in [-0.05, 0) is 64.2 Å². The molecule has 0 fully saturated rings. The van der Waals surface area contributed by atoms with Gasteiger partial charge in [-0.1, -0.05) is 262 Å². The molecule has 6 heteroatoms. The Morgan fingerprint density at radius 3 is 1.20 bits per heavy atom. The SMILES string of the molecule is CCCCC/C=C\C/C=C\CCCCCCCCCCCC(=O)OCCCCCCCCCCCCCCCCCCCCC(=O)NC(CO)C(O)/C=C/CCCCCCCCCCC. The summed E-state index contributed by atoms with van der Waals surface area (Å²) in [6, 6.07) is -0.630. The standard InChI is InChI=1S/C59H111NO5/c1-3-5-7-9-11-13-15-16-17-18-19-23-26-29-33-37-41-45-49-53-59(64)65-54-50-46-42-38-34-30-27-24-21-20-22-25-28-32-36-40-44-48-52-58(63)60-56(55-61)57(62)51-47-43-39-35-31-14-12-10-8-6-4-2/h11,13,16-17,47,51,56-57,61-62H,3-10,12,14-15,18-46,48-50,52-55H2,1-2H3,(H,60,63)/b13-11-,17-16-,51-47+. The number of aliphatic hydroxyl groups excluding tert-OH is 2. The summed E-state index contributed by atoms with van der Waals surface area (Å²) in [5.74, 6) is -0.0710. The maximum Gasteiger partial charge on any atom is 0.305 e. The first kappa shape index (κ1) is 63.1. The van der Waals surface area contributed by atoms with E-state index in [0.29, 0.717) is 19.4 Å². The van der Waals surface area contributed by atoms with E-state index >= 15 is 0 Å². The van der Waals surface area contributed by atoms with E-state index < -0.39 is 12.1 Å². The number of carbonyl (C=O) groups is 2. The van der Waals surface area contributed by atoms with Gasteiger partial charge in [0.05, 0.1) is 25.4 Å². The van der Waals surface area contributed by atoms with E-state index in [4.69, 9.17) is 4.74 Å². The Bertz CT molecular complexity index is 1060. The molecule has 0 heterocycles. The minimum atomic E-state index is -0.846. The lowest BCUT2D eigenvalue weighted by Crippen LogP contribution is -2.45. The van der Waals surface area contributed by atoms with Crippen LogP contribution in [0.5, 0.6) is 0 Å². The Balaban J connectivity index is 3.40. The summed E-state index contributed by atoms with van der Waals surface area (Å²) < 4.78 is 5.49. The van der Waals surface area contributed by atoms with Crippen LogP contribution in [0.15, 0.2) is 36.5 Å². The molecule has 2 atom stereocenters. The van der Waals surface area contributed by atoms with E-state index in [1.807, 2.05) is 6.08 Å². The topological polar surface area (TPSA) is 95.9 Å². The smallest absolute Gasteiger partial charge is 0.305 e. The van der Waals surface area contributed by atoms with Gasteiger partial charge in [0, 0.05) is 12.8 Å². The Morgan fingerprint density at radius 1 is 0.431 bits per heavy atom. The number of unbranched alkanes of at least 4 members (excludes halogenated alkanes) is 38. The molecule has 65 heavy (non-hydrogen) atoms. The molecule has 2 unspecified atom stereocenters. The third-order valence-electron chi connectivity index (χ3n) is 13.2. The van der Waals surface area contributed by atoms with Crippen LogP contribution in [0.4, 0.5) is 0 Å². The Kier molecular flexibility index (Phi) is 53.1. The van der Waals surface area contributed by atoms with Gasteiger partial charge in [0.1, 0.15) is 0 Å². The van der Waals surface area contributed by atoms with Gasteiger partial charge >= 0.3 is 5.97 Å². The molecule has 382 valence electrons. The normalized spacial score (nSPS) is 12.9. The fourth-order valence-electron chi connectivity index (χ4n) is 8.72. The lowest BCUT2D eigenvalue weighted by Gasteiger charge is -2.20. The molecule has 0 aromatic rings. The van der Waals surface area contributed by atoms with Crippen molar-refractivity contribution in [2.75, 3.05) is 13.2 Å². The van der Waals surface area contributed by atoms with E-state index in [2.05, 4.69) is 43.5 Å². The van der Waals surface area contributed by atoms with Gasteiger partial charge in [-0.3, -0.25) is 9.59 Å². The number of rotatable bonds is 53. The van der Waals surface area contributed by atoms with Crippen LogP contribution >= 0.6 is 0 Å². The van der Waals surface area contributed by atoms with Crippen LogP contribution in [0.3, 0.4) is 0 Å². The van der Waals surface area contributed by atoms with Gasteiger partial charge in [-0.25, -0.2) is 0 Å². The second kappa shape index (κ2) is 54.7. The lowest BCUT2D eigenvalue weighted by atomic mass is 10.0. The number of nitrogens with one attached hydrogen (secondary N) is 1. The molecule has 0 aliphatic carbocycles. The first-order chi connectivity index (χ1) is 32.0. The minimum Gasteiger partial charge on any atom is -0.466 e. The van der Waals surface area contributed by atoms with Gasteiger partial charge < -0.3 is 20.3 Å². The molecular formula is C59H111NO5. The number of hydrogen-bond acceptors (Lipinski definition) is 5. The largest absolute Gasteiger partial charge is 0.466 e. The number of amides is 1. The van der Waals surface area contributed by atoms with Crippen LogP contribution in [0.2, 0.25) is 0 Å². The van der Waals surface area contributed by atoms with Crippen molar-refractivity contribution >= 4 is 11.9 Å². The highest BCUT2D eigenvalue weighted by molar-refractivity contribution is 5.76. The average Bonchev–Trinajstić information content (AvgIpc) is 3.31. The highest BCUT2D eigenvalue weighted by atomic mass is 16.5. The van der Waals surface area contributed by atoms with E-state index in [9.17, 15) is 19.8 Å². The Morgan fingerprint density at radius 2 is 0.769 bits per heavy atom. The molecule has 6 nitrogen and oxygen atoms in total. The van der Waals surface area contributed by atoms with Crippen molar-refractivity contribution in [3.63, 3.8) is 0 Å². The number of esters is 1. The van der Waals surface area contributed by atoms with Gasteiger partial charge in [-0.2, -0.15) is 0 Å². The number of carbonyl (C=O) groups excluding carboxylic acids is 2. The zero-order valence-electron chi connectivity index (χ0n) is 43.5. The first-order valence-corrected chi connectivity index (χ1v) is 28.8. The Labute approximate surface area is 404 Å².